The highest BCUT2D eigenvalue weighted by atomic mass is 35.5. The number of carbonyl (C=O) groups is 1. The maximum Gasteiger partial charge on any atom is 0.250 e. The molecule has 0 radical (unpaired) electrons. The number of amides is 1. The first-order chi connectivity index (χ1) is 18.4. The number of methoxy groups -OCH3 is 1. The average molecular weight is 586 g/mol. The lowest BCUT2D eigenvalue weighted by Gasteiger charge is -2.26. The Morgan fingerprint density at radius 3 is 2.68 bits per heavy atom. The van der Waals surface area contributed by atoms with Gasteiger partial charge in [0, 0.05) is 28.9 Å². The maximum absolute atomic E-state index is 12.0. The molecule has 0 unspecified atom stereocenters. The Bertz CT molecular complexity index is 1450. The number of nitrogens with one attached hydrogen (secondary N) is 2. The second-order valence-electron chi connectivity index (χ2n) is 8.35. The lowest BCUT2D eigenvalue weighted by atomic mass is 10.0. The van der Waals surface area contributed by atoms with Crippen LogP contribution in [0.4, 0.5) is 11.4 Å². The van der Waals surface area contributed by atoms with E-state index in [-0.39, 0.29) is 24.6 Å². The largest absolute Gasteiger partial charge is 0.452 e. The van der Waals surface area contributed by atoms with Gasteiger partial charge >= 0.3 is 0 Å². The van der Waals surface area contributed by atoms with Crippen molar-refractivity contribution in [1.29, 1.82) is 0 Å². The average Bonchev–Trinajstić information content (AvgIpc) is 3.51. The van der Waals surface area contributed by atoms with Crippen LogP contribution in [-0.2, 0) is 9.53 Å². The van der Waals surface area contributed by atoms with Crippen LogP contribution >= 0.6 is 47.2 Å². The van der Waals surface area contributed by atoms with Crippen LogP contribution in [0.3, 0.4) is 0 Å². The van der Waals surface area contributed by atoms with E-state index in [0.29, 0.717) is 26.6 Å². The van der Waals surface area contributed by atoms with E-state index in [1.54, 1.807) is 18.3 Å². The molecule has 0 aliphatic carbocycles. The Kier molecular flexibility index (Phi) is 8.21. The molecule has 0 bridgehead atoms. The van der Waals surface area contributed by atoms with Crippen LogP contribution in [0.5, 0.6) is 0 Å². The fourth-order valence-electron chi connectivity index (χ4n) is 4.16. The Hall–Kier alpha value is -3.08. The molecule has 0 spiro atoms. The number of aromatic nitrogens is 1. The van der Waals surface area contributed by atoms with Gasteiger partial charge in [-0.15, -0.1) is 0 Å². The first-order valence-electron chi connectivity index (χ1n) is 11.5. The zero-order valence-electron chi connectivity index (χ0n) is 20.1. The Morgan fingerprint density at radius 2 is 1.97 bits per heavy atom. The first-order valence-corrected chi connectivity index (χ1v) is 13.5. The van der Waals surface area contributed by atoms with E-state index >= 15 is 0 Å². The molecule has 0 saturated carbocycles. The zero-order valence-corrected chi connectivity index (χ0v) is 23.2. The van der Waals surface area contributed by atoms with Crippen molar-refractivity contribution in [3.05, 3.63) is 100 Å². The van der Waals surface area contributed by atoms with E-state index < -0.39 is 0 Å². The van der Waals surface area contributed by atoms with E-state index in [4.69, 9.17) is 44.6 Å². The normalized spacial score (nSPS) is 16.9. The highest BCUT2D eigenvalue weighted by molar-refractivity contribution is 7.99. The summed E-state index contributed by atoms with van der Waals surface area (Å²) in [7, 11) is 1.46. The smallest absolute Gasteiger partial charge is 0.250 e. The van der Waals surface area contributed by atoms with Gasteiger partial charge in [-0.25, -0.2) is 0 Å². The van der Waals surface area contributed by atoms with Gasteiger partial charge in [0.15, 0.2) is 10.2 Å². The van der Waals surface area contributed by atoms with Crippen LogP contribution in [0, 0.1) is 0 Å². The highest BCUT2D eigenvalue weighted by Gasteiger charge is 2.42. The number of thiocarbonyl (C=S) groups is 1. The number of carbonyl (C=O) groups excluding carboxylic acids is 1. The fraction of sp³-hybridized carbons (Fsp3) is 0.148. The molecular weight excluding hydrogens is 563 g/mol. The topological polar surface area (TPSA) is 79.6 Å². The Morgan fingerprint density at radius 1 is 1.16 bits per heavy atom. The number of pyridine rings is 1. The summed E-state index contributed by atoms with van der Waals surface area (Å²) in [5, 5.41) is 8.42. The molecular formula is C27H22Cl2N4O3S2. The molecule has 194 valence electrons. The number of anilines is 2. The summed E-state index contributed by atoms with van der Waals surface area (Å²) in [5.74, 6) is 0.410. The SMILES string of the molecule is COCC(=O)Nc1ccc(N2C(=S)N[C@H](c3ccccn3)[C@@H]2c2ccc(Sc3ccc(Cl)cc3)o2)cc1Cl. The monoisotopic (exact) mass is 584 g/mol. The molecule has 7 nitrogen and oxygen atoms in total. The van der Waals surface area contributed by atoms with Crippen molar-refractivity contribution in [2.75, 3.05) is 23.9 Å². The van der Waals surface area contributed by atoms with Gasteiger partial charge in [-0.2, -0.15) is 0 Å². The van der Waals surface area contributed by atoms with Crippen LogP contribution < -0.4 is 15.5 Å². The quantitative estimate of drug-likeness (QED) is 0.217. The minimum Gasteiger partial charge on any atom is -0.452 e. The van der Waals surface area contributed by atoms with E-state index in [9.17, 15) is 4.79 Å². The summed E-state index contributed by atoms with van der Waals surface area (Å²) >= 11 is 19.9. The number of rotatable bonds is 8. The van der Waals surface area contributed by atoms with Gasteiger partial charge in [-0.3, -0.25) is 9.78 Å². The molecule has 1 amide bonds. The van der Waals surface area contributed by atoms with Crippen molar-refractivity contribution < 1.29 is 13.9 Å². The number of hydrogen-bond acceptors (Lipinski definition) is 6. The minimum atomic E-state index is -0.345. The number of furan rings is 1. The van der Waals surface area contributed by atoms with E-state index in [1.807, 2.05) is 65.6 Å². The maximum atomic E-state index is 12.0. The van der Waals surface area contributed by atoms with Gasteiger partial charge in [0.05, 0.1) is 22.4 Å². The molecule has 2 atom stereocenters. The summed E-state index contributed by atoms with van der Waals surface area (Å²) in [4.78, 5) is 19.5. The van der Waals surface area contributed by atoms with Crippen molar-refractivity contribution in [2.24, 2.45) is 0 Å². The first kappa shape index (κ1) is 26.5. The molecule has 38 heavy (non-hydrogen) atoms. The summed E-state index contributed by atoms with van der Waals surface area (Å²) in [6, 6.07) is 21.9. The third kappa shape index (κ3) is 5.82. The number of ether oxygens (including phenoxy) is 1. The minimum absolute atomic E-state index is 0.0686. The van der Waals surface area contributed by atoms with Gasteiger partial charge in [-0.05, 0) is 78.9 Å². The Labute approximate surface area is 239 Å². The Balaban J connectivity index is 1.48. The van der Waals surface area contributed by atoms with Crippen molar-refractivity contribution >= 4 is 69.6 Å². The number of halogens is 2. The molecule has 1 fully saturated rings. The van der Waals surface area contributed by atoms with Crippen LogP contribution in [0.1, 0.15) is 23.5 Å². The molecule has 1 aliphatic heterocycles. The summed E-state index contributed by atoms with van der Waals surface area (Å²) in [5.41, 5.74) is 2.04. The molecule has 1 aliphatic rings. The standard InChI is InChI=1S/C27H22Cl2N4O3S2/c1-35-15-23(34)31-20-10-7-17(14-19(20)29)33-26(25(32-27(33)37)21-4-2-3-13-30-21)22-11-12-24(36-22)38-18-8-5-16(28)6-9-18/h2-14,25-26H,15H2,1H3,(H,31,34)(H,32,37)/t25-,26+/m1/s1. The molecule has 11 heteroatoms. The lowest BCUT2D eigenvalue weighted by Crippen LogP contribution is -2.29. The summed E-state index contributed by atoms with van der Waals surface area (Å²) < 4.78 is 11.2. The second-order valence-corrected chi connectivity index (χ2v) is 10.7. The number of hydrogen-bond donors (Lipinski definition) is 2. The molecule has 5 rings (SSSR count). The van der Waals surface area contributed by atoms with E-state index in [0.717, 1.165) is 21.4 Å². The lowest BCUT2D eigenvalue weighted by molar-refractivity contribution is -0.119. The van der Waals surface area contributed by atoms with E-state index in [1.165, 1.54) is 18.9 Å². The van der Waals surface area contributed by atoms with Crippen molar-refractivity contribution in [3.63, 3.8) is 0 Å². The van der Waals surface area contributed by atoms with Crippen LogP contribution in [0.2, 0.25) is 10.0 Å². The molecule has 4 aromatic rings. The third-order valence-electron chi connectivity index (χ3n) is 5.80. The zero-order chi connectivity index (χ0) is 26.6. The van der Waals surface area contributed by atoms with Crippen LogP contribution in [0.25, 0.3) is 0 Å². The fourth-order valence-corrected chi connectivity index (χ4v) is 5.63. The summed E-state index contributed by atoms with van der Waals surface area (Å²) in [6.45, 7) is -0.0686. The molecule has 2 aromatic carbocycles. The highest BCUT2D eigenvalue weighted by Crippen LogP contribution is 2.44. The van der Waals surface area contributed by atoms with Crippen LogP contribution in [-0.4, -0.2) is 29.7 Å². The van der Waals surface area contributed by atoms with Gasteiger partial charge in [-0.1, -0.05) is 41.0 Å². The van der Waals surface area contributed by atoms with Crippen molar-refractivity contribution in [2.45, 2.75) is 22.1 Å². The number of nitrogens with zero attached hydrogens (tertiary/aromatic N) is 2. The third-order valence-corrected chi connectivity index (χ3v) is 7.61. The molecule has 2 aromatic heterocycles. The summed E-state index contributed by atoms with van der Waals surface area (Å²) in [6.07, 6.45) is 1.75. The molecule has 2 N–H and O–H groups in total. The van der Waals surface area contributed by atoms with E-state index in [2.05, 4.69) is 15.6 Å². The number of benzene rings is 2. The van der Waals surface area contributed by atoms with Gasteiger partial charge in [0.2, 0.25) is 5.91 Å². The predicted molar refractivity (Wildman–Crippen MR) is 154 cm³/mol. The molecule has 1 saturated heterocycles. The van der Waals surface area contributed by atoms with Crippen molar-refractivity contribution in [3.8, 4) is 0 Å². The van der Waals surface area contributed by atoms with Crippen LogP contribution in [0.15, 0.2) is 93.4 Å². The van der Waals surface area contributed by atoms with Gasteiger partial charge in [0.1, 0.15) is 18.4 Å². The predicted octanol–water partition coefficient (Wildman–Crippen LogP) is 6.89. The van der Waals surface area contributed by atoms with Gasteiger partial charge in [0.25, 0.3) is 0 Å². The van der Waals surface area contributed by atoms with Gasteiger partial charge < -0.3 is 24.7 Å². The van der Waals surface area contributed by atoms with Crippen molar-refractivity contribution in [1.82, 2.24) is 10.3 Å². The second kappa shape index (κ2) is 11.8. The molecule has 3 heterocycles.